The van der Waals surface area contributed by atoms with Gasteiger partial charge >= 0.3 is 5.97 Å². The Hall–Kier alpha value is -3.70. The van der Waals surface area contributed by atoms with Crippen LogP contribution in [0.5, 0.6) is 0 Å². The van der Waals surface area contributed by atoms with Gasteiger partial charge in [-0.2, -0.15) is 5.26 Å². The topological polar surface area (TPSA) is 64.3 Å². The van der Waals surface area contributed by atoms with Crippen LogP contribution in [-0.2, 0) is 11.2 Å². The molecule has 1 N–H and O–H groups in total. The average molecular weight is 661 g/mol. The number of hydrogen-bond donors (Lipinski definition) is 1. The third kappa shape index (κ3) is 4.85. The number of carboxylic acids is 1. The highest BCUT2D eigenvalue weighted by Gasteiger charge is 2.62. The van der Waals surface area contributed by atoms with Crippen molar-refractivity contribution in [3.8, 4) is 26.3 Å². The molecule has 3 fully saturated rings. The monoisotopic (exact) mass is 660 g/mol. The van der Waals surface area contributed by atoms with Gasteiger partial charge in [-0.05, 0) is 96.2 Å². The number of nitriles is 1. The SMILES string of the molecule is CCCCCCc1cc(-c2ccc(N3c4ccccc4C4C5CC(C5C)C43)cc2)sc1-c1cc2sc(/C=C(\C#N)C(=O)O)cc2s1. The van der Waals surface area contributed by atoms with Crippen molar-refractivity contribution in [1.29, 1.82) is 5.26 Å². The van der Waals surface area contributed by atoms with Gasteiger partial charge < -0.3 is 10.0 Å². The van der Waals surface area contributed by atoms with Gasteiger partial charge in [-0.1, -0.05) is 63.4 Å². The maximum absolute atomic E-state index is 11.3. The van der Waals surface area contributed by atoms with E-state index in [4.69, 9.17) is 0 Å². The molecule has 4 nitrogen and oxygen atoms in total. The van der Waals surface area contributed by atoms with Crippen molar-refractivity contribution >= 4 is 66.8 Å². The summed E-state index contributed by atoms with van der Waals surface area (Å²) in [6.45, 7) is 4.72. The molecule has 7 heteroatoms. The normalized spacial score (nSPS) is 22.9. The Morgan fingerprint density at radius 2 is 1.78 bits per heavy atom. The molecule has 2 bridgehead atoms. The summed E-state index contributed by atoms with van der Waals surface area (Å²) in [4.78, 5) is 18.7. The first-order chi connectivity index (χ1) is 22.4. The lowest BCUT2D eigenvalue weighted by molar-refractivity contribution is -0.132. The highest BCUT2D eigenvalue weighted by molar-refractivity contribution is 7.31. The number of thiophene rings is 3. The molecule has 46 heavy (non-hydrogen) atoms. The molecular formula is C39H36N2O2S3. The van der Waals surface area contributed by atoms with E-state index in [0.29, 0.717) is 12.0 Å². The van der Waals surface area contributed by atoms with Crippen molar-refractivity contribution in [1.82, 2.24) is 0 Å². The minimum absolute atomic E-state index is 0.235. The number of para-hydroxylation sites is 1. The molecule has 3 aliphatic carbocycles. The van der Waals surface area contributed by atoms with Gasteiger partial charge in [-0.3, -0.25) is 0 Å². The lowest BCUT2D eigenvalue weighted by Crippen LogP contribution is -2.36. The number of hydrogen-bond acceptors (Lipinski definition) is 6. The van der Waals surface area contributed by atoms with E-state index < -0.39 is 5.97 Å². The summed E-state index contributed by atoms with van der Waals surface area (Å²) < 4.78 is 2.27. The van der Waals surface area contributed by atoms with E-state index in [-0.39, 0.29) is 5.57 Å². The van der Waals surface area contributed by atoms with Crippen LogP contribution < -0.4 is 4.90 Å². The summed E-state index contributed by atoms with van der Waals surface area (Å²) in [5.41, 5.74) is 6.72. The molecule has 9 rings (SSSR count). The molecule has 0 spiro atoms. The summed E-state index contributed by atoms with van der Waals surface area (Å²) in [7, 11) is 0. The van der Waals surface area contributed by atoms with Gasteiger partial charge in [0.15, 0.2) is 0 Å². The lowest BCUT2D eigenvalue weighted by Gasteiger charge is -2.38. The molecule has 0 saturated heterocycles. The number of rotatable bonds is 10. The number of unbranched alkanes of at least 4 members (excludes halogenated alkanes) is 3. The first kappa shape index (κ1) is 29.7. The van der Waals surface area contributed by atoms with Crippen molar-refractivity contribution in [3.63, 3.8) is 0 Å². The van der Waals surface area contributed by atoms with Gasteiger partial charge in [0.25, 0.3) is 0 Å². The molecule has 4 heterocycles. The largest absolute Gasteiger partial charge is 0.477 e. The van der Waals surface area contributed by atoms with E-state index in [1.54, 1.807) is 34.3 Å². The van der Waals surface area contributed by atoms with Crippen LogP contribution in [0.3, 0.4) is 0 Å². The first-order valence-electron chi connectivity index (χ1n) is 16.4. The molecule has 5 aromatic rings. The minimum atomic E-state index is -1.19. The molecule has 5 unspecified atom stereocenters. The Labute approximate surface area is 282 Å². The van der Waals surface area contributed by atoms with Gasteiger partial charge in [0.1, 0.15) is 11.6 Å². The molecular weight excluding hydrogens is 625 g/mol. The fourth-order valence-electron chi connectivity index (χ4n) is 8.35. The van der Waals surface area contributed by atoms with E-state index in [1.165, 1.54) is 75.3 Å². The van der Waals surface area contributed by atoms with E-state index >= 15 is 0 Å². The Balaban J connectivity index is 1.10. The van der Waals surface area contributed by atoms with E-state index in [1.807, 2.05) is 17.4 Å². The van der Waals surface area contributed by atoms with Gasteiger partial charge in [0.2, 0.25) is 0 Å². The maximum atomic E-state index is 11.3. The highest BCUT2D eigenvalue weighted by atomic mass is 32.1. The van der Waals surface area contributed by atoms with Crippen molar-refractivity contribution in [2.24, 2.45) is 17.8 Å². The number of anilines is 2. The predicted molar refractivity (Wildman–Crippen MR) is 193 cm³/mol. The van der Waals surface area contributed by atoms with Gasteiger partial charge in [-0.15, -0.1) is 34.0 Å². The predicted octanol–water partition coefficient (Wildman–Crippen LogP) is 11.4. The standard InChI is InChI=1S/C39H36N2O2S3/c1-3-4-5-6-9-24-17-32(46-38(24)35-20-34-33(45-35)18-27(44-34)16-25(21-40)39(42)43)23-12-14-26(15-13-23)41-31-11-8-7-10-28(31)36-29-19-30(22(29)2)37(36)41/h7-8,10-18,20,22,29-30,36-37H,3-6,9,19H2,1-2H3,(H,42,43)/b25-16+. The molecule has 3 aromatic heterocycles. The van der Waals surface area contributed by atoms with Crippen LogP contribution in [-0.4, -0.2) is 17.1 Å². The zero-order valence-electron chi connectivity index (χ0n) is 26.0. The summed E-state index contributed by atoms with van der Waals surface area (Å²) >= 11 is 5.20. The average Bonchev–Trinajstić information content (AvgIpc) is 3.89. The van der Waals surface area contributed by atoms with Crippen molar-refractivity contribution in [3.05, 3.63) is 88.3 Å². The Morgan fingerprint density at radius 1 is 0.978 bits per heavy atom. The van der Waals surface area contributed by atoms with Crippen molar-refractivity contribution in [2.75, 3.05) is 4.90 Å². The molecule has 232 valence electrons. The zero-order chi connectivity index (χ0) is 31.5. The van der Waals surface area contributed by atoms with Gasteiger partial charge in [-0.25, -0.2) is 4.79 Å². The number of fused-ring (bicyclic) bond motifs is 2. The summed E-state index contributed by atoms with van der Waals surface area (Å²) in [6.07, 6.45) is 8.85. The Bertz CT molecular complexity index is 1990. The Kier molecular flexibility index (Phi) is 7.63. The molecule has 2 aromatic carbocycles. The van der Waals surface area contributed by atoms with Crippen LogP contribution >= 0.6 is 34.0 Å². The van der Waals surface area contributed by atoms with E-state index in [2.05, 4.69) is 79.4 Å². The second-order valence-electron chi connectivity index (χ2n) is 13.2. The van der Waals surface area contributed by atoms with Crippen molar-refractivity contribution in [2.45, 2.75) is 64.3 Å². The van der Waals surface area contributed by atoms with Crippen LogP contribution in [0.1, 0.15) is 67.9 Å². The number of aliphatic carboxylic acids is 1. The van der Waals surface area contributed by atoms with Gasteiger partial charge in [0, 0.05) is 52.2 Å². The van der Waals surface area contributed by atoms with Crippen LogP contribution in [0.25, 0.3) is 35.7 Å². The fourth-order valence-corrected chi connectivity index (χ4v) is 12.1. The third-order valence-corrected chi connectivity index (χ3v) is 14.3. The fraction of sp³-hybridized carbons (Fsp3) is 0.333. The molecule has 5 atom stereocenters. The number of carbonyl (C=O) groups is 1. The highest BCUT2D eigenvalue weighted by Crippen LogP contribution is 2.67. The number of benzene rings is 2. The quantitative estimate of drug-likeness (QED) is 0.0920. The molecule has 4 aliphatic rings. The van der Waals surface area contributed by atoms with Gasteiger partial charge in [0.05, 0.1) is 0 Å². The summed E-state index contributed by atoms with van der Waals surface area (Å²) in [5.74, 6) is 1.92. The minimum Gasteiger partial charge on any atom is -0.477 e. The maximum Gasteiger partial charge on any atom is 0.346 e. The molecule has 0 amide bonds. The summed E-state index contributed by atoms with van der Waals surface area (Å²) in [6, 6.07) is 27.5. The second kappa shape index (κ2) is 11.8. The number of carboxylic acid groups (broad SMARTS) is 1. The summed E-state index contributed by atoms with van der Waals surface area (Å²) in [5, 5.41) is 18.4. The molecule has 3 saturated carbocycles. The molecule has 0 radical (unpaired) electrons. The first-order valence-corrected chi connectivity index (χ1v) is 18.9. The van der Waals surface area contributed by atoms with Crippen LogP contribution in [0.2, 0.25) is 0 Å². The lowest BCUT2D eigenvalue weighted by atomic mass is 9.71. The zero-order valence-corrected chi connectivity index (χ0v) is 28.5. The second-order valence-corrected chi connectivity index (χ2v) is 16.4. The smallest absolute Gasteiger partial charge is 0.346 e. The van der Waals surface area contributed by atoms with Crippen LogP contribution in [0, 0.1) is 29.1 Å². The van der Waals surface area contributed by atoms with E-state index in [0.717, 1.165) is 38.5 Å². The van der Waals surface area contributed by atoms with Crippen LogP contribution in [0.4, 0.5) is 11.4 Å². The van der Waals surface area contributed by atoms with Crippen molar-refractivity contribution < 1.29 is 9.90 Å². The third-order valence-electron chi connectivity index (χ3n) is 10.6. The number of aryl methyl sites for hydroxylation is 1. The van der Waals surface area contributed by atoms with E-state index in [9.17, 15) is 15.2 Å². The number of nitrogens with zero attached hydrogens (tertiary/aromatic N) is 2. The Morgan fingerprint density at radius 3 is 2.52 bits per heavy atom. The molecule has 1 aliphatic heterocycles. The van der Waals surface area contributed by atoms with Crippen LogP contribution in [0.15, 0.2) is 72.3 Å².